The molecular weight excluding hydrogens is 346 g/mol. The van der Waals surface area contributed by atoms with Crippen molar-refractivity contribution in [1.82, 2.24) is 14.8 Å². The van der Waals surface area contributed by atoms with Crippen molar-refractivity contribution in [3.8, 4) is 11.3 Å². The highest BCUT2D eigenvalue weighted by molar-refractivity contribution is 5.95. The first-order valence-electron chi connectivity index (χ1n) is 10.2. The molecule has 28 heavy (non-hydrogen) atoms. The zero-order valence-corrected chi connectivity index (χ0v) is 16.2. The number of rotatable bonds is 2. The maximum absolute atomic E-state index is 13.2. The van der Waals surface area contributed by atoms with Crippen molar-refractivity contribution in [2.24, 2.45) is 0 Å². The van der Waals surface area contributed by atoms with Crippen LogP contribution in [0.2, 0.25) is 0 Å². The van der Waals surface area contributed by atoms with Gasteiger partial charge in [0.2, 0.25) is 0 Å². The van der Waals surface area contributed by atoms with Crippen molar-refractivity contribution in [3.05, 3.63) is 66.2 Å². The quantitative estimate of drug-likeness (QED) is 0.677. The number of likely N-dealkylation sites (N-methyl/N-ethyl adjacent to an activating group) is 1. The van der Waals surface area contributed by atoms with Crippen molar-refractivity contribution >= 4 is 16.8 Å². The molecule has 0 unspecified atom stereocenters. The Bertz CT molecular complexity index is 1030. The second kappa shape index (κ2) is 7.02. The van der Waals surface area contributed by atoms with Crippen molar-refractivity contribution in [2.75, 3.05) is 20.1 Å². The number of aromatic nitrogens is 1. The number of benzene rings is 2. The lowest BCUT2D eigenvalue weighted by Gasteiger charge is -2.26. The largest absolute Gasteiger partial charge is 0.337 e. The minimum atomic E-state index is 0.142. The van der Waals surface area contributed by atoms with Crippen LogP contribution in [0, 0.1) is 0 Å². The molecule has 0 radical (unpaired) electrons. The Morgan fingerprint density at radius 1 is 0.964 bits per heavy atom. The van der Waals surface area contributed by atoms with E-state index < -0.39 is 0 Å². The molecule has 0 saturated carbocycles. The van der Waals surface area contributed by atoms with Gasteiger partial charge in [0, 0.05) is 41.7 Å². The monoisotopic (exact) mass is 371 g/mol. The van der Waals surface area contributed by atoms with Gasteiger partial charge in [-0.3, -0.25) is 9.69 Å². The van der Waals surface area contributed by atoms with Crippen molar-refractivity contribution < 1.29 is 4.79 Å². The summed E-state index contributed by atoms with van der Waals surface area (Å²) in [5.41, 5.74) is 3.63. The molecule has 0 aliphatic carbocycles. The van der Waals surface area contributed by atoms with Gasteiger partial charge < -0.3 is 4.90 Å². The zero-order valence-electron chi connectivity index (χ0n) is 16.2. The summed E-state index contributed by atoms with van der Waals surface area (Å²) < 4.78 is 0. The van der Waals surface area contributed by atoms with Gasteiger partial charge in [0.05, 0.1) is 11.2 Å². The molecule has 5 rings (SSSR count). The van der Waals surface area contributed by atoms with Gasteiger partial charge in [0.1, 0.15) is 0 Å². The summed E-state index contributed by atoms with van der Waals surface area (Å²) in [5.74, 6) is 0.142. The van der Waals surface area contributed by atoms with Crippen molar-refractivity contribution in [3.63, 3.8) is 0 Å². The lowest BCUT2D eigenvalue weighted by atomic mass is 10.0. The Morgan fingerprint density at radius 3 is 2.75 bits per heavy atom. The van der Waals surface area contributed by atoms with Crippen LogP contribution < -0.4 is 0 Å². The van der Waals surface area contributed by atoms with Gasteiger partial charge in [-0.1, -0.05) is 36.4 Å². The van der Waals surface area contributed by atoms with Crippen LogP contribution in [0.5, 0.6) is 0 Å². The van der Waals surface area contributed by atoms with E-state index in [-0.39, 0.29) is 5.91 Å². The minimum absolute atomic E-state index is 0.142. The molecule has 1 aromatic heterocycles. The molecule has 2 saturated heterocycles. The number of hydrogen-bond donors (Lipinski definition) is 0. The van der Waals surface area contributed by atoms with Gasteiger partial charge in [0.15, 0.2) is 0 Å². The Labute approximate surface area is 165 Å². The summed E-state index contributed by atoms with van der Waals surface area (Å²) in [5, 5.41) is 1.13. The number of amides is 1. The molecule has 0 spiro atoms. The number of para-hydroxylation sites is 1. The summed E-state index contributed by atoms with van der Waals surface area (Å²) in [6.45, 7) is 1.69. The van der Waals surface area contributed by atoms with E-state index in [4.69, 9.17) is 4.98 Å². The standard InChI is InChI=1S/C24H25N3O/c1-26-20-10-11-21(26)16-27(14-13-20)24(28)19-7-4-6-18(15-19)23-12-9-17-5-2-3-8-22(17)25-23/h2-9,12,15,20-21H,10-11,13-14,16H2,1H3/t20-,21+/m1/s1. The smallest absolute Gasteiger partial charge is 0.253 e. The van der Waals surface area contributed by atoms with E-state index in [1.165, 1.54) is 12.8 Å². The zero-order chi connectivity index (χ0) is 19.1. The van der Waals surface area contributed by atoms with E-state index in [1.54, 1.807) is 0 Å². The highest BCUT2D eigenvalue weighted by Gasteiger charge is 2.36. The van der Waals surface area contributed by atoms with Crippen LogP contribution in [0.15, 0.2) is 60.7 Å². The van der Waals surface area contributed by atoms with Crippen LogP contribution in [-0.4, -0.2) is 52.9 Å². The van der Waals surface area contributed by atoms with Crippen molar-refractivity contribution in [2.45, 2.75) is 31.3 Å². The maximum atomic E-state index is 13.2. The van der Waals surface area contributed by atoms with E-state index in [0.717, 1.165) is 47.2 Å². The van der Waals surface area contributed by atoms with Crippen molar-refractivity contribution in [1.29, 1.82) is 0 Å². The second-order valence-corrected chi connectivity index (χ2v) is 8.06. The fourth-order valence-electron chi connectivity index (χ4n) is 4.71. The van der Waals surface area contributed by atoms with E-state index >= 15 is 0 Å². The summed E-state index contributed by atoms with van der Waals surface area (Å²) in [4.78, 5) is 22.5. The predicted molar refractivity (Wildman–Crippen MR) is 112 cm³/mol. The first kappa shape index (κ1) is 17.4. The number of likely N-dealkylation sites (tertiary alicyclic amines) is 1. The normalized spacial score (nSPS) is 22.4. The Kier molecular flexibility index (Phi) is 4.36. The van der Waals surface area contributed by atoms with Crippen LogP contribution >= 0.6 is 0 Å². The molecule has 2 bridgehead atoms. The van der Waals surface area contributed by atoms with Crippen LogP contribution in [0.25, 0.3) is 22.2 Å². The van der Waals surface area contributed by atoms with E-state index in [0.29, 0.717) is 12.1 Å². The van der Waals surface area contributed by atoms with Crippen LogP contribution in [-0.2, 0) is 0 Å². The number of nitrogens with zero attached hydrogens (tertiary/aromatic N) is 3. The summed E-state index contributed by atoms with van der Waals surface area (Å²) in [7, 11) is 2.21. The molecule has 0 N–H and O–H groups in total. The Morgan fingerprint density at radius 2 is 1.82 bits per heavy atom. The summed E-state index contributed by atoms with van der Waals surface area (Å²) in [6.07, 6.45) is 3.54. The Balaban J connectivity index is 1.42. The first-order chi connectivity index (χ1) is 13.7. The topological polar surface area (TPSA) is 36.4 Å². The predicted octanol–water partition coefficient (Wildman–Crippen LogP) is 4.21. The average molecular weight is 371 g/mol. The number of fused-ring (bicyclic) bond motifs is 3. The van der Waals surface area contributed by atoms with Gasteiger partial charge in [-0.25, -0.2) is 4.98 Å². The number of pyridine rings is 1. The van der Waals surface area contributed by atoms with Crippen LogP contribution in [0.4, 0.5) is 0 Å². The second-order valence-electron chi connectivity index (χ2n) is 8.06. The number of carbonyl (C=O) groups is 1. The summed E-state index contributed by atoms with van der Waals surface area (Å²) in [6, 6.07) is 21.3. The molecule has 3 heterocycles. The van der Waals surface area contributed by atoms with Gasteiger partial charge in [0.25, 0.3) is 5.91 Å². The lowest BCUT2D eigenvalue weighted by molar-refractivity contribution is 0.0740. The first-order valence-corrected chi connectivity index (χ1v) is 10.2. The molecule has 2 atom stereocenters. The van der Waals surface area contributed by atoms with Crippen LogP contribution in [0.3, 0.4) is 0 Å². The molecule has 1 amide bonds. The van der Waals surface area contributed by atoms with Gasteiger partial charge in [-0.2, -0.15) is 0 Å². The SMILES string of the molecule is CN1[C@@H]2CC[C@H]1CN(C(=O)c1cccc(-c3ccc4ccccc4n3)c1)CC2. The highest BCUT2D eigenvalue weighted by Crippen LogP contribution is 2.29. The minimum Gasteiger partial charge on any atom is -0.337 e. The molecule has 3 aromatic rings. The maximum Gasteiger partial charge on any atom is 0.253 e. The average Bonchev–Trinajstić information content (AvgIpc) is 2.99. The third-order valence-electron chi connectivity index (χ3n) is 6.44. The van der Waals surface area contributed by atoms with Gasteiger partial charge in [-0.15, -0.1) is 0 Å². The molecule has 2 fully saturated rings. The summed E-state index contributed by atoms with van der Waals surface area (Å²) >= 11 is 0. The molecule has 142 valence electrons. The Hall–Kier alpha value is -2.72. The lowest BCUT2D eigenvalue weighted by Crippen LogP contribution is -2.39. The molecule has 4 heteroatoms. The molecule has 2 aromatic carbocycles. The fourth-order valence-corrected chi connectivity index (χ4v) is 4.71. The van der Waals surface area contributed by atoms with E-state index in [9.17, 15) is 4.79 Å². The molecular formula is C24H25N3O. The number of hydrogen-bond acceptors (Lipinski definition) is 3. The van der Waals surface area contributed by atoms with E-state index in [1.807, 2.05) is 53.4 Å². The van der Waals surface area contributed by atoms with Crippen LogP contribution in [0.1, 0.15) is 29.6 Å². The molecule has 2 aliphatic rings. The van der Waals surface area contributed by atoms with E-state index in [2.05, 4.69) is 24.1 Å². The molecule has 2 aliphatic heterocycles. The highest BCUT2D eigenvalue weighted by atomic mass is 16.2. The van der Waals surface area contributed by atoms with Gasteiger partial charge in [-0.05, 0) is 50.6 Å². The number of carbonyl (C=O) groups excluding carboxylic acids is 1. The third kappa shape index (κ3) is 3.08. The fraction of sp³-hybridized carbons (Fsp3) is 0.333. The van der Waals surface area contributed by atoms with Gasteiger partial charge >= 0.3 is 0 Å². The third-order valence-corrected chi connectivity index (χ3v) is 6.44. The molecule has 4 nitrogen and oxygen atoms in total.